The molecule has 0 saturated carbocycles. The van der Waals surface area contributed by atoms with Crippen molar-refractivity contribution in [3.63, 3.8) is 0 Å². The van der Waals surface area contributed by atoms with Crippen molar-refractivity contribution in [1.29, 1.82) is 0 Å². The van der Waals surface area contributed by atoms with Crippen LogP contribution in [0.25, 0.3) is 10.9 Å². The summed E-state index contributed by atoms with van der Waals surface area (Å²) >= 11 is 0. The van der Waals surface area contributed by atoms with E-state index in [-0.39, 0.29) is 18.6 Å². The van der Waals surface area contributed by atoms with Gasteiger partial charge in [0.15, 0.2) is 11.5 Å². The minimum atomic E-state index is -0.186. The van der Waals surface area contributed by atoms with Crippen LogP contribution in [0.5, 0.6) is 11.5 Å². The van der Waals surface area contributed by atoms with E-state index in [1.165, 1.54) is 0 Å². The summed E-state index contributed by atoms with van der Waals surface area (Å²) < 4.78 is 12.7. The van der Waals surface area contributed by atoms with Gasteiger partial charge in [-0.1, -0.05) is 18.2 Å². The summed E-state index contributed by atoms with van der Waals surface area (Å²) in [7, 11) is 1.93. The van der Waals surface area contributed by atoms with Crippen LogP contribution < -0.4 is 14.8 Å². The lowest BCUT2D eigenvalue weighted by Crippen LogP contribution is -2.37. The molecule has 36 heavy (non-hydrogen) atoms. The van der Waals surface area contributed by atoms with Crippen LogP contribution in [0.2, 0.25) is 0 Å². The largest absolute Gasteiger partial charge is 0.454 e. The van der Waals surface area contributed by atoms with Crippen LogP contribution in [-0.4, -0.2) is 39.6 Å². The molecule has 0 aliphatic carbocycles. The molecule has 2 amide bonds. The molecular weight excluding hydrogens is 456 g/mol. The van der Waals surface area contributed by atoms with Gasteiger partial charge in [-0.2, -0.15) is 0 Å². The summed E-state index contributed by atoms with van der Waals surface area (Å²) in [6.45, 7) is 3.59. The fourth-order valence-corrected chi connectivity index (χ4v) is 5.09. The van der Waals surface area contributed by atoms with Gasteiger partial charge in [0.2, 0.25) is 6.79 Å². The maximum absolute atomic E-state index is 13.4. The Hall–Kier alpha value is -4.33. The summed E-state index contributed by atoms with van der Waals surface area (Å²) in [6.07, 6.45) is 2.57. The molecule has 0 atom stereocenters. The SMILES string of the molecule is Cc1ncc2c(c1CNC(=O)c1ccc3c(c1)OCO3)CCN(C(=O)c1cc3ccccc3n1C)C2. The van der Waals surface area contributed by atoms with Gasteiger partial charge in [-0.3, -0.25) is 14.6 Å². The summed E-state index contributed by atoms with van der Waals surface area (Å²) in [5.41, 5.74) is 6.31. The molecule has 182 valence electrons. The Morgan fingerprint density at radius 3 is 2.78 bits per heavy atom. The maximum atomic E-state index is 13.4. The van der Waals surface area contributed by atoms with Gasteiger partial charge in [-0.05, 0) is 60.4 Å². The molecular formula is C28H26N4O4. The zero-order valence-corrected chi connectivity index (χ0v) is 20.2. The number of hydrogen-bond donors (Lipinski definition) is 1. The van der Waals surface area contributed by atoms with Crippen molar-refractivity contribution in [3.8, 4) is 11.5 Å². The highest BCUT2D eigenvalue weighted by molar-refractivity contribution is 5.99. The highest BCUT2D eigenvalue weighted by Gasteiger charge is 2.27. The predicted molar refractivity (Wildman–Crippen MR) is 134 cm³/mol. The van der Waals surface area contributed by atoms with E-state index in [2.05, 4.69) is 10.3 Å². The third kappa shape index (κ3) is 3.75. The molecule has 0 spiro atoms. The molecule has 1 N–H and O–H groups in total. The van der Waals surface area contributed by atoms with Crippen LogP contribution in [-0.2, 0) is 26.6 Å². The third-order valence-corrected chi connectivity index (χ3v) is 7.11. The topological polar surface area (TPSA) is 85.7 Å². The first kappa shape index (κ1) is 22.2. The van der Waals surface area contributed by atoms with Crippen molar-refractivity contribution in [2.45, 2.75) is 26.4 Å². The number of carbonyl (C=O) groups excluding carboxylic acids is 2. The molecule has 4 aromatic rings. The van der Waals surface area contributed by atoms with E-state index in [9.17, 15) is 9.59 Å². The Balaban J connectivity index is 1.20. The zero-order valence-electron chi connectivity index (χ0n) is 20.2. The number of hydrogen-bond acceptors (Lipinski definition) is 5. The van der Waals surface area contributed by atoms with Gasteiger partial charge in [0.1, 0.15) is 5.69 Å². The molecule has 8 nitrogen and oxygen atoms in total. The first-order valence-corrected chi connectivity index (χ1v) is 12.0. The molecule has 0 bridgehead atoms. The molecule has 2 aliphatic rings. The Morgan fingerprint density at radius 2 is 1.92 bits per heavy atom. The van der Waals surface area contributed by atoms with Gasteiger partial charge >= 0.3 is 0 Å². The number of rotatable bonds is 4. The fraction of sp³-hybridized carbons (Fsp3) is 0.250. The highest BCUT2D eigenvalue weighted by Crippen LogP contribution is 2.32. The van der Waals surface area contributed by atoms with E-state index in [1.54, 1.807) is 18.2 Å². The van der Waals surface area contributed by atoms with Crippen LogP contribution in [0.1, 0.15) is 43.2 Å². The van der Waals surface area contributed by atoms with E-state index in [4.69, 9.17) is 9.47 Å². The van der Waals surface area contributed by atoms with Gasteiger partial charge in [-0.15, -0.1) is 0 Å². The molecule has 0 radical (unpaired) electrons. The average molecular weight is 483 g/mol. The Morgan fingerprint density at radius 1 is 1.08 bits per heavy atom. The first-order valence-electron chi connectivity index (χ1n) is 12.0. The number of benzene rings is 2. The number of fused-ring (bicyclic) bond motifs is 3. The van der Waals surface area contributed by atoms with Crippen molar-refractivity contribution < 1.29 is 19.1 Å². The van der Waals surface area contributed by atoms with Crippen molar-refractivity contribution in [1.82, 2.24) is 19.8 Å². The summed E-state index contributed by atoms with van der Waals surface area (Å²) in [4.78, 5) is 32.7. The van der Waals surface area contributed by atoms with Gasteiger partial charge in [0.05, 0.1) is 0 Å². The lowest BCUT2D eigenvalue weighted by molar-refractivity contribution is 0.0725. The summed E-state index contributed by atoms with van der Waals surface area (Å²) in [5, 5.41) is 4.07. The van der Waals surface area contributed by atoms with Crippen molar-refractivity contribution in [2.75, 3.05) is 13.3 Å². The van der Waals surface area contributed by atoms with Crippen LogP contribution in [0.15, 0.2) is 54.7 Å². The Kier molecular flexibility index (Phi) is 5.36. The molecule has 6 rings (SSSR count). The molecule has 8 heteroatoms. The maximum Gasteiger partial charge on any atom is 0.270 e. The number of carbonyl (C=O) groups is 2. The number of nitrogens with one attached hydrogen (secondary N) is 1. The van der Waals surface area contributed by atoms with Crippen LogP contribution in [0.4, 0.5) is 0 Å². The summed E-state index contributed by atoms with van der Waals surface area (Å²) in [6, 6.07) is 15.1. The first-order chi connectivity index (χ1) is 17.5. The fourth-order valence-electron chi connectivity index (χ4n) is 5.09. The second-order valence-corrected chi connectivity index (χ2v) is 9.20. The highest BCUT2D eigenvalue weighted by atomic mass is 16.7. The number of aryl methyl sites for hydroxylation is 2. The second kappa shape index (κ2) is 8.71. The molecule has 2 aromatic heterocycles. The van der Waals surface area contributed by atoms with Crippen LogP contribution >= 0.6 is 0 Å². The Bertz CT molecular complexity index is 1520. The van der Waals surface area contributed by atoms with E-state index in [0.717, 1.165) is 33.3 Å². The van der Waals surface area contributed by atoms with E-state index in [1.807, 2.05) is 60.0 Å². The average Bonchev–Trinajstić information content (AvgIpc) is 3.51. The summed E-state index contributed by atoms with van der Waals surface area (Å²) in [5.74, 6) is 1.05. The molecule has 4 heterocycles. The van der Waals surface area contributed by atoms with Crippen LogP contribution in [0, 0.1) is 6.92 Å². The van der Waals surface area contributed by atoms with E-state index >= 15 is 0 Å². The zero-order chi connectivity index (χ0) is 24.8. The van der Waals surface area contributed by atoms with Crippen LogP contribution in [0.3, 0.4) is 0 Å². The van der Waals surface area contributed by atoms with Gasteiger partial charge < -0.3 is 24.3 Å². The number of nitrogens with zero attached hydrogens (tertiary/aromatic N) is 3. The van der Waals surface area contributed by atoms with E-state index < -0.39 is 0 Å². The standard InChI is InChI=1S/C28H26N4O4/c1-17-22(14-30-27(33)19-7-8-25-26(12-19)36-16-35-25)21-9-10-32(15-20(21)13-29-17)28(34)24-11-18-5-3-4-6-23(18)31(24)2/h3-8,11-13H,9-10,14-16H2,1-2H3,(H,30,33). The molecule has 0 saturated heterocycles. The van der Waals surface area contributed by atoms with Gasteiger partial charge in [0, 0.05) is 55.0 Å². The van der Waals surface area contributed by atoms with Crippen molar-refractivity contribution >= 4 is 22.7 Å². The second-order valence-electron chi connectivity index (χ2n) is 9.20. The predicted octanol–water partition coefficient (Wildman–Crippen LogP) is 3.74. The Labute approximate surface area is 208 Å². The normalized spacial score (nSPS) is 14.1. The van der Waals surface area contributed by atoms with E-state index in [0.29, 0.717) is 48.8 Å². The van der Waals surface area contributed by atoms with Crippen molar-refractivity contribution in [3.05, 3.63) is 88.4 Å². The monoisotopic (exact) mass is 482 g/mol. The van der Waals surface area contributed by atoms with Crippen molar-refractivity contribution in [2.24, 2.45) is 7.05 Å². The number of aromatic nitrogens is 2. The molecule has 0 unspecified atom stereocenters. The third-order valence-electron chi connectivity index (χ3n) is 7.11. The number of para-hydroxylation sites is 1. The lowest BCUT2D eigenvalue weighted by atomic mass is 9.94. The lowest BCUT2D eigenvalue weighted by Gasteiger charge is -2.30. The smallest absolute Gasteiger partial charge is 0.270 e. The molecule has 0 fully saturated rings. The molecule has 2 aliphatic heterocycles. The number of amides is 2. The minimum Gasteiger partial charge on any atom is -0.454 e. The number of pyridine rings is 1. The van der Waals surface area contributed by atoms with Gasteiger partial charge in [-0.25, -0.2) is 0 Å². The van der Waals surface area contributed by atoms with Gasteiger partial charge in [0.25, 0.3) is 11.8 Å². The minimum absolute atomic E-state index is 0.0117. The number of ether oxygens (including phenoxy) is 2. The quantitative estimate of drug-likeness (QED) is 0.479. The molecule has 2 aromatic carbocycles.